The molecular formula is C30H22N2S2. The van der Waals surface area contributed by atoms with Gasteiger partial charge in [0.05, 0.1) is 29.8 Å². The fraction of sp³-hybridized carbons (Fsp3) is 0.200. The number of benzene rings is 2. The van der Waals surface area contributed by atoms with E-state index in [0.717, 1.165) is 25.7 Å². The third-order valence-corrected chi connectivity index (χ3v) is 10.0. The second kappa shape index (κ2) is 7.21. The zero-order chi connectivity index (χ0) is 22.2. The molecule has 2 nitrogen and oxygen atoms in total. The van der Waals surface area contributed by atoms with Gasteiger partial charge >= 0.3 is 0 Å². The molecule has 0 N–H and O–H groups in total. The van der Waals surface area contributed by atoms with E-state index in [1.807, 2.05) is 22.7 Å². The van der Waals surface area contributed by atoms with E-state index in [1.54, 1.807) is 0 Å². The molecule has 4 heteroatoms. The molecule has 0 aliphatic heterocycles. The maximum absolute atomic E-state index is 5.33. The minimum Gasteiger partial charge on any atom is -0.251 e. The maximum atomic E-state index is 5.33. The molecule has 8 rings (SSSR count). The lowest BCUT2D eigenvalue weighted by Crippen LogP contribution is -1.95. The van der Waals surface area contributed by atoms with Crippen LogP contribution in [0.1, 0.15) is 35.4 Å². The third-order valence-electron chi connectivity index (χ3n) is 7.55. The molecule has 0 atom stereocenters. The van der Waals surface area contributed by atoms with Crippen LogP contribution in [0.15, 0.2) is 60.7 Å². The molecule has 6 aromatic rings. The van der Waals surface area contributed by atoms with Gasteiger partial charge in [-0.3, -0.25) is 9.97 Å². The molecule has 0 unspecified atom stereocenters. The highest BCUT2D eigenvalue weighted by Crippen LogP contribution is 2.51. The zero-order valence-electron chi connectivity index (χ0n) is 18.7. The highest BCUT2D eigenvalue weighted by Gasteiger charge is 2.28. The predicted molar refractivity (Wildman–Crippen MR) is 145 cm³/mol. The Bertz CT molecular complexity index is 1620. The quantitative estimate of drug-likeness (QED) is 0.252. The SMILES string of the molecule is c1ccc(-c2c3c(nc4c2sc2sc5c(-c6ccccc6)c6c(nc5c24)CCC6)CCC3)cc1. The average molecular weight is 475 g/mol. The van der Waals surface area contributed by atoms with Crippen LogP contribution in [0.5, 0.6) is 0 Å². The number of aryl methyl sites for hydroxylation is 2. The van der Waals surface area contributed by atoms with Gasteiger partial charge in [0.15, 0.2) is 0 Å². The van der Waals surface area contributed by atoms with Crippen LogP contribution in [-0.4, -0.2) is 9.97 Å². The molecule has 2 aromatic carbocycles. The van der Waals surface area contributed by atoms with Crippen molar-refractivity contribution in [1.82, 2.24) is 9.97 Å². The number of fused-ring (bicyclic) bond motifs is 7. The van der Waals surface area contributed by atoms with Crippen molar-refractivity contribution in [2.45, 2.75) is 38.5 Å². The lowest BCUT2D eigenvalue weighted by Gasteiger charge is -2.12. The summed E-state index contributed by atoms with van der Waals surface area (Å²) in [5, 5.41) is 1.29. The van der Waals surface area contributed by atoms with E-state index in [2.05, 4.69) is 60.7 Å². The van der Waals surface area contributed by atoms with Crippen molar-refractivity contribution in [3.05, 3.63) is 83.2 Å². The summed E-state index contributed by atoms with van der Waals surface area (Å²) >= 11 is 3.86. The van der Waals surface area contributed by atoms with Crippen LogP contribution in [-0.2, 0) is 25.7 Å². The lowest BCUT2D eigenvalue weighted by molar-refractivity contribution is 0.901. The molecule has 0 saturated heterocycles. The predicted octanol–water partition coefficient (Wildman–Crippen LogP) is 8.37. The molecular weight excluding hydrogens is 452 g/mol. The fourth-order valence-corrected chi connectivity index (χ4v) is 8.90. The first-order valence-electron chi connectivity index (χ1n) is 12.2. The summed E-state index contributed by atoms with van der Waals surface area (Å²) in [6, 6.07) is 21.9. The maximum Gasteiger partial charge on any atom is 0.0929 e. The van der Waals surface area contributed by atoms with E-state index in [9.17, 15) is 0 Å². The van der Waals surface area contributed by atoms with E-state index in [0.29, 0.717) is 0 Å². The fourth-order valence-electron chi connectivity index (χ4n) is 6.09. The Kier molecular flexibility index (Phi) is 4.08. The number of thiophene rings is 2. The molecule has 2 aliphatic carbocycles. The summed E-state index contributed by atoms with van der Waals surface area (Å²) in [5.41, 5.74) is 13.4. The minimum absolute atomic E-state index is 1.09. The molecule has 4 aromatic heterocycles. The second-order valence-electron chi connectivity index (χ2n) is 9.49. The van der Waals surface area contributed by atoms with Crippen molar-refractivity contribution in [3.63, 3.8) is 0 Å². The average Bonchev–Trinajstić information content (AvgIpc) is 3.65. The first-order chi connectivity index (χ1) is 16.9. The number of pyridine rings is 2. The van der Waals surface area contributed by atoms with Crippen LogP contribution in [0, 0.1) is 0 Å². The van der Waals surface area contributed by atoms with Gasteiger partial charge in [0.25, 0.3) is 0 Å². The number of nitrogens with zero attached hydrogens (tertiary/aromatic N) is 2. The van der Waals surface area contributed by atoms with Crippen molar-refractivity contribution in [2.24, 2.45) is 0 Å². The monoisotopic (exact) mass is 474 g/mol. The van der Waals surface area contributed by atoms with Gasteiger partial charge < -0.3 is 0 Å². The number of rotatable bonds is 2. The molecule has 0 fully saturated rings. The highest BCUT2D eigenvalue weighted by atomic mass is 32.2. The van der Waals surface area contributed by atoms with E-state index < -0.39 is 0 Å². The van der Waals surface area contributed by atoms with Crippen molar-refractivity contribution < 1.29 is 0 Å². The summed E-state index contributed by atoms with van der Waals surface area (Å²) in [7, 11) is 0. The van der Waals surface area contributed by atoms with E-state index in [-0.39, 0.29) is 0 Å². The van der Waals surface area contributed by atoms with Crippen LogP contribution in [0.25, 0.3) is 52.1 Å². The molecule has 0 radical (unpaired) electrons. The van der Waals surface area contributed by atoms with Gasteiger partial charge in [0, 0.05) is 22.5 Å². The van der Waals surface area contributed by atoms with Crippen molar-refractivity contribution in [1.29, 1.82) is 0 Å². The highest BCUT2D eigenvalue weighted by molar-refractivity contribution is 7.45. The molecule has 0 saturated carbocycles. The van der Waals surface area contributed by atoms with Crippen LogP contribution < -0.4 is 0 Å². The van der Waals surface area contributed by atoms with Gasteiger partial charge in [0.1, 0.15) is 0 Å². The zero-order valence-corrected chi connectivity index (χ0v) is 20.4. The Hall–Kier alpha value is -3.08. The van der Waals surface area contributed by atoms with E-state index in [1.165, 1.54) is 87.4 Å². The molecule has 0 bridgehead atoms. The van der Waals surface area contributed by atoms with Crippen LogP contribution in [0.2, 0.25) is 0 Å². The molecule has 4 heterocycles. The lowest BCUT2D eigenvalue weighted by atomic mass is 9.97. The Balaban J connectivity index is 1.51. The van der Waals surface area contributed by atoms with Crippen molar-refractivity contribution in [3.8, 4) is 22.3 Å². The first-order valence-corrected chi connectivity index (χ1v) is 13.8. The van der Waals surface area contributed by atoms with Gasteiger partial charge in [-0.25, -0.2) is 0 Å². The standard InChI is InChI=1S/C30H22N2S2/c1-3-9-17(10-4-1)23-19-13-7-15-21(19)31-26-25-27-29(34-30(25)33-28(23)26)24(18-11-5-2-6-12-18)20-14-8-16-22(20)32-27/h1-6,9-12H,7-8,13-16H2. The first kappa shape index (κ1) is 19.2. The summed E-state index contributed by atoms with van der Waals surface area (Å²) in [4.78, 5) is 10.7. The molecule has 2 aliphatic rings. The molecule has 0 amide bonds. The number of hydrogen-bond acceptors (Lipinski definition) is 4. The van der Waals surface area contributed by atoms with Gasteiger partial charge in [-0.1, -0.05) is 60.7 Å². The third kappa shape index (κ3) is 2.61. The van der Waals surface area contributed by atoms with Gasteiger partial charge in [0.2, 0.25) is 0 Å². The normalized spacial score (nSPS) is 14.9. The number of aromatic nitrogens is 2. The van der Waals surface area contributed by atoms with Gasteiger partial charge in [-0.15, -0.1) is 22.7 Å². The van der Waals surface area contributed by atoms with Crippen molar-refractivity contribution in [2.75, 3.05) is 0 Å². The Morgan fingerprint density at radius 2 is 1.03 bits per heavy atom. The smallest absolute Gasteiger partial charge is 0.0929 e. The molecule has 0 spiro atoms. The summed E-state index contributed by atoms with van der Waals surface area (Å²) in [6.45, 7) is 0. The van der Waals surface area contributed by atoms with Gasteiger partial charge in [-0.05, 0) is 60.8 Å². The van der Waals surface area contributed by atoms with Crippen LogP contribution >= 0.6 is 22.7 Å². The van der Waals surface area contributed by atoms with Crippen LogP contribution in [0.4, 0.5) is 0 Å². The van der Waals surface area contributed by atoms with Crippen molar-refractivity contribution >= 4 is 52.5 Å². The summed E-state index contributed by atoms with van der Waals surface area (Å²) in [5.74, 6) is 0. The minimum atomic E-state index is 1.09. The largest absolute Gasteiger partial charge is 0.251 e. The van der Waals surface area contributed by atoms with Gasteiger partial charge in [-0.2, -0.15) is 0 Å². The molecule has 164 valence electrons. The summed E-state index contributed by atoms with van der Waals surface area (Å²) < 4.78 is 4.06. The van der Waals surface area contributed by atoms with Crippen LogP contribution in [0.3, 0.4) is 0 Å². The van der Waals surface area contributed by atoms with E-state index >= 15 is 0 Å². The summed E-state index contributed by atoms with van der Waals surface area (Å²) in [6.07, 6.45) is 6.86. The Labute approximate surface area is 205 Å². The Morgan fingerprint density at radius 3 is 1.50 bits per heavy atom. The Morgan fingerprint density at radius 1 is 0.559 bits per heavy atom. The van der Waals surface area contributed by atoms with E-state index in [4.69, 9.17) is 9.97 Å². The number of hydrogen-bond donors (Lipinski definition) is 0. The second-order valence-corrected chi connectivity index (χ2v) is 11.8. The topological polar surface area (TPSA) is 25.8 Å². The molecule has 34 heavy (non-hydrogen) atoms.